The van der Waals surface area contributed by atoms with Crippen LogP contribution >= 0.6 is 0 Å². The van der Waals surface area contributed by atoms with Crippen molar-refractivity contribution in [2.24, 2.45) is 17.8 Å². The van der Waals surface area contributed by atoms with E-state index < -0.39 is 0 Å². The van der Waals surface area contributed by atoms with Crippen molar-refractivity contribution in [2.75, 3.05) is 20.1 Å². The van der Waals surface area contributed by atoms with E-state index in [1.54, 1.807) is 6.42 Å². The molecule has 0 aromatic heterocycles. The van der Waals surface area contributed by atoms with Gasteiger partial charge >= 0.3 is 0 Å². The van der Waals surface area contributed by atoms with Crippen LogP contribution in [0.25, 0.3) is 0 Å². The Kier molecular flexibility index (Phi) is 3.45. The summed E-state index contributed by atoms with van der Waals surface area (Å²) < 4.78 is 0. The maximum Gasteiger partial charge on any atom is 0.0189 e. The van der Waals surface area contributed by atoms with E-state index in [-0.39, 0.29) is 0 Å². The van der Waals surface area contributed by atoms with E-state index in [0.717, 1.165) is 23.8 Å². The molecular formula is C15H28N2. The SMILES string of the molecule is CC(CNC1CC1)N(C)CC1CC2CCC1C2. The van der Waals surface area contributed by atoms with Gasteiger partial charge in [0.15, 0.2) is 0 Å². The van der Waals surface area contributed by atoms with Gasteiger partial charge in [0.2, 0.25) is 0 Å². The van der Waals surface area contributed by atoms with Crippen molar-refractivity contribution in [3.05, 3.63) is 0 Å². The van der Waals surface area contributed by atoms with Crippen molar-refractivity contribution < 1.29 is 0 Å². The molecule has 2 nitrogen and oxygen atoms in total. The van der Waals surface area contributed by atoms with E-state index in [1.165, 1.54) is 45.2 Å². The van der Waals surface area contributed by atoms with Crippen LogP contribution in [0.2, 0.25) is 0 Å². The number of nitrogens with zero attached hydrogens (tertiary/aromatic N) is 1. The summed E-state index contributed by atoms with van der Waals surface area (Å²) in [5, 5.41) is 3.65. The molecule has 3 saturated carbocycles. The Morgan fingerprint density at radius 3 is 2.59 bits per heavy atom. The van der Waals surface area contributed by atoms with Gasteiger partial charge in [-0.2, -0.15) is 0 Å². The summed E-state index contributed by atoms with van der Waals surface area (Å²) >= 11 is 0. The first-order chi connectivity index (χ1) is 8.22. The minimum absolute atomic E-state index is 0.703. The summed E-state index contributed by atoms with van der Waals surface area (Å²) in [7, 11) is 2.32. The molecule has 3 rings (SSSR count). The third-order valence-corrected chi connectivity index (χ3v) is 5.44. The van der Waals surface area contributed by atoms with Crippen LogP contribution in [0.3, 0.4) is 0 Å². The fourth-order valence-electron chi connectivity index (χ4n) is 3.93. The Bertz CT molecular complexity index is 262. The van der Waals surface area contributed by atoms with E-state index in [4.69, 9.17) is 0 Å². The summed E-state index contributed by atoms with van der Waals surface area (Å²) in [6, 6.07) is 1.56. The Morgan fingerprint density at radius 1 is 1.18 bits per heavy atom. The van der Waals surface area contributed by atoms with Gasteiger partial charge in [-0.05, 0) is 63.8 Å². The molecule has 0 radical (unpaired) electrons. The lowest BCUT2D eigenvalue weighted by Gasteiger charge is -2.31. The van der Waals surface area contributed by atoms with E-state index in [2.05, 4.69) is 24.2 Å². The van der Waals surface area contributed by atoms with Crippen molar-refractivity contribution in [1.82, 2.24) is 10.2 Å². The monoisotopic (exact) mass is 236 g/mol. The topological polar surface area (TPSA) is 15.3 Å². The molecule has 98 valence electrons. The molecule has 4 atom stereocenters. The molecule has 0 aliphatic heterocycles. The van der Waals surface area contributed by atoms with Gasteiger partial charge in [-0.15, -0.1) is 0 Å². The standard InChI is InChI=1S/C15H28N2/c1-11(9-16-15-5-6-15)17(2)10-14-8-12-3-4-13(14)7-12/h11-16H,3-10H2,1-2H3. The summed E-state index contributed by atoms with van der Waals surface area (Å²) in [6.07, 6.45) is 8.94. The Hall–Kier alpha value is -0.0800. The number of likely N-dealkylation sites (N-methyl/N-ethyl adjacent to an activating group) is 1. The van der Waals surface area contributed by atoms with Gasteiger partial charge in [0, 0.05) is 25.2 Å². The molecule has 0 aromatic rings. The first kappa shape index (κ1) is 12.0. The van der Waals surface area contributed by atoms with Crippen molar-refractivity contribution in [2.45, 2.75) is 57.5 Å². The minimum atomic E-state index is 0.703. The molecule has 3 fully saturated rings. The Morgan fingerprint density at radius 2 is 2.00 bits per heavy atom. The van der Waals surface area contributed by atoms with Crippen LogP contribution in [0.5, 0.6) is 0 Å². The lowest BCUT2D eigenvalue weighted by atomic mass is 9.88. The Balaban J connectivity index is 1.40. The van der Waals surface area contributed by atoms with E-state index in [9.17, 15) is 0 Å². The van der Waals surface area contributed by atoms with Crippen molar-refractivity contribution in [3.63, 3.8) is 0 Å². The molecule has 3 aliphatic rings. The summed E-state index contributed by atoms with van der Waals surface area (Å²) in [5.41, 5.74) is 0. The second kappa shape index (κ2) is 4.89. The zero-order chi connectivity index (χ0) is 11.8. The van der Waals surface area contributed by atoms with Gasteiger partial charge in [-0.1, -0.05) is 6.42 Å². The molecule has 0 aromatic carbocycles. The van der Waals surface area contributed by atoms with Gasteiger partial charge in [-0.3, -0.25) is 0 Å². The number of nitrogens with one attached hydrogen (secondary N) is 1. The highest BCUT2D eigenvalue weighted by molar-refractivity contribution is 4.91. The molecule has 0 amide bonds. The highest BCUT2D eigenvalue weighted by Crippen LogP contribution is 2.48. The molecule has 0 saturated heterocycles. The molecule has 0 spiro atoms. The van der Waals surface area contributed by atoms with Crippen LogP contribution in [-0.4, -0.2) is 37.1 Å². The number of fused-ring (bicyclic) bond motifs is 2. The van der Waals surface area contributed by atoms with Gasteiger partial charge in [-0.25, -0.2) is 0 Å². The third-order valence-electron chi connectivity index (χ3n) is 5.44. The predicted molar refractivity (Wildman–Crippen MR) is 72.1 cm³/mol. The molecule has 17 heavy (non-hydrogen) atoms. The molecule has 2 bridgehead atoms. The van der Waals surface area contributed by atoms with Crippen LogP contribution in [-0.2, 0) is 0 Å². The van der Waals surface area contributed by atoms with Gasteiger partial charge in [0.1, 0.15) is 0 Å². The van der Waals surface area contributed by atoms with Crippen LogP contribution in [0.1, 0.15) is 45.4 Å². The van der Waals surface area contributed by atoms with E-state index in [0.29, 0.717) is 6.04 Å². The maximum atomic E-state index is 3.65. The smallest absolute Gasteiger partial charge is 0.0189 e. The van der Waals surface area contributed by atoms with Crippen LogP contribution in [0.15, 0.2) is 0 Å². The highest BCUT2D eigenvalue weighted by Gasteiger charge is 2.39. The maximum absolute atomic E-state index is 3.65. The molecular weight excluding hydrogens is 208 g/mol. The number of hydrogen-bond donors (Lipinski definition) is 1. The van der Waals surface area contributed by atoms with Gasteiger partial charge in [0.25, 0.3) is 0 Å². The molecule has 1 N–H and O–H groups in total. The minimum Gasteiger partial charge on any atom is -0.312 e. The van der Waals surface area contributed by atoms with Crippen molar-refractivity contribution >= 4 is 0 Å². The van der Waals surface area contributed by atoms with E-state index in [1.807, 2.05) is 0 Å². The fourth-order valence-corrected chi connectivity index (χ4v) is 3.93. The van der Waals surface area contributed by atoms with Crippen LogP contribution in [0.4, 0.5) is 0 Å². The number of hydrogen-bond acceptors (Lipinski definition) is 2. The van der Waals surface area contributed by atoms with Gasteiger partial charge < -0.3 is 10.2 Å². The molecule has 3 aliphatic carbocycles. The van der Waals surface area contributed by atoms with E-state index >= 15 is 0 Å². The average molecular weight is 236 g/mol. The fraction of sp³-hybridized carbons (Fsp3) is 1.00. The molecule has 0 heterocycles. The average Bonchev–Trinajstić information content (AvgIpc) is 2.93. The normalized spacial score (nSPS) is 37.9. The largest absolute Gasteiger partial charge is 0.312 e. The Labute approximate surface area is 106 Å². The predicted octanol–water partition coefficient (Wildman–Crippen LogP) is 2.49. The first-order valence-corrected chi connectivity index (χ1v) is 7.66. The lowest BCUT2D eigenvalue weighted by Crippen LogP contribution is -2.41. The van der Waals surface area contributed by atoms with Crippen molar-refractivity contribution in [1.29, 1.82) is 0 Å². The third kappa shape index (κ3) is 2.85. The summed E-state index contributed by atoms with van der Waals surface area (Å²) in [4.78, 5) is 2.60. The second-order valence-electron chi connectivity index (χ2n) is 6.91. The zero-order valence-electron chi connectivity index (χ0n) is 11.5. The van der Waals surface area contributed by atoms with Crippen LogP contribution < -0.4 is 5.32 Å². The summed E-state index contributed by atoms with van der Waals surface area (Å²) in [5.74, 6) is 3.19. The van der Waals surface area contributed by atoms with Crippen LogP contribution in [0, 0.1) is 17.8 Å². The molecule has 2 heteroatoms. The summed E-state index contributed by atoms with van der Waals surface area (Å²) in [6.45, 7) is 4.90. The zero-order valence-corrected chi connectivity index (χ0v) is 11.5. The second-order valence-corrected chi connectivity index (χ2v) is 6.91. The van der Waals surface area contributed by atoms with Gasteiger partial charge in [0.05, 0.1) is 0 Å². The lowest BCUT2D eigenvalue weighted by molar-refractivity contribution is 0.178. The quantitative estimate of drug-likeness (QED) is 0.762. The first-order valence-electron chi connectivity index (χ1n) is 7.66. The molecule has 4 unspecified atom stereocenters. The van der Waals surface area contributed by atoms with Crippen molar-refractivity contribution in [3.8, 4) is 0 Å². The number of rotatable bonds is 6. The highest BCUT2D eigenvalue weighted by atomic mass is 15.2.